The molecule has 2 aliphatic rings. The Bertz CT molecular complexity index is 1470. The molecular formula is C39H53NO3Si. The lowest BCUT2D eigenvalue weighted by Gasteiger charge is -2.45. The van der Waals surface area contributed by atoms with Crippen molar-refractivity contribution < 1.29 is 14.3 Å². The van der Waals surface area contributed by atoms with Crippen molar-refractivity contribution in [1.29, 1.82) is 0 Å². The topological polar surface area (TPSA) is 51.6 Å². The van der Waals surface area contributed by atoms with Crippen molar-refractivity contribution in [3.8, 4) is 5.75 Å². The van der Waals surface area contributed by atoms with Gasteiger partial charge in [0.2, 0.25) is 0 Å². The van der Waals surface area contributed by atoms with Crippen molar-refractivity contribution in [2.45, 2.75) is 123 Å². The van der Waals surface area contributed by atoms with Crippen LogP contribution in [0.4, 0.5) is 0 Å². The number of fused-ring (bicyclic) bond motifs is 1. The third kappa shape index (κ3) is 6.90. The van der Waals surface area contributed by atoms with Crippen LogP contribution >= 0.6 is 0 Å². The number of benzene rings is 2. The summed E-state index contributed by atoms with van der Waals surface area (Å²) in [4.78, 5) is 5.44. The smallest absolute Gasteiger partial charge is 0.192 e. The second-order valence-corrected chi connectivity index (χ2v) is 20.4. The molecule has 0 aliphatic heterocycles. The molecule has 5 heteroatoms. The highest BCUT2D eigenvalue weighted by atomic mass is 28.4. The predicted octanol–water partition coefficient (Wildman–Crippen LogP) is 10.3. The van der Waals surface area contributed by atoms with Gasteiger partial charge in [-0.2, -0.15) is 0 Å². The van der Waals surface area contributed by atoms with Gasteiger partial charge in [-0.15, -0.1) is 0 Å². The molecule has 3 atom stereocenters. The molecule has 0 spiro atoms. The summed E-state index contributed by atoms with van der Waals surface area (Å²) in [5, 5.41) is 12.4. The van der Waals surface area contributed by atoms with Crippen LogP contribution in [0.25, 0.3) is 0 Å². The number of aliphatic hydroxyl groups excluding tert-OH is 1. The Morgan fingerprint density at radius 3 is 2.27 bits per heavy atom. The van der Waals surface area contributed by atoms with E-state index in [1.165, 1.54) is 16.8 Å². The summed E-state index contributed by atoms with van der Waals surface area (Å²) in [7, 11) is -2.09. The van der Waals surface area contributed by atoms with E-state index in [2.05, 4.69) is 85.8 Å². The first-order valence-corrected chi connectivity index (χ1v) is 19.4. The lowest BCUT2D eigenvalue weighted by Crippen LogP contribution is -2.44. The van der Waals surface area contributed by atoms with Crippen molar-refractivity contribution in [2.75, 3.05) is 0 Å². The van der Waals surface area contributed by atoms with Gasteiger partial charge in [0, 0.05) is 28.4 Å². The number of rotatable bonds is 9. The monoisotopic (exact) mass is 611 g/mol. The molecule has 0 bridgehead atoms. The molecule has 0 fully saturated rings. The highest BCUT2D eigenvalue weighted by Crippen LogP contribution is 2.52. The molecule has 0 amide bonds. The largest absolute Gasteiger partial charge is 0.489 e. The lowest BCUT2D eigenvalue weighted by molar-refractivity contribution is 0.104. The third-order valence-corrected chi connectivity index (χ3v) is 14.5. The Balaban J connectivity index is 1.61. The lowest BCUT2D eigenvalue weighted by atomic mass is 9.70. The van der Waals surface area contributed by atoms with E-state index < -0.39 is 14.4 Å². The van der Waals surface area contributed by atoms with Gasteiger partial charge in [0.25, 0.3) is 0 Å². The van der Waals surface area contributed by atoms with Gasteiger partial charge >= 0.3 is 0 Å². The van der Waals surface area contributed by atoms with Crippen molar-refractivity contribution in [2.24, 2.45) is 5.41 Å². The molecule has 2 aliphatic carbocycles. The molecule has 0 saturated heterocycles. The molecule has 2 aromatic carbocycles. The van der Waals surface area contributed by atoms with E-state index in [-0.39, 0.29) is 28.4 Å². The van der Waals surface area contributed by atoms with Crippen molar-refractivity contribution >= 4 is 8.32 Å². The maximum Gasteiger partial charge on any atom is 0.192 e. The highest BCUT2D eigenvalue weighted by Gasteiger charge is 2.45. The Morgan fingerprint density at radius 1 is 1.00 bits per heavy atom. The fourth-order valence-corrected chi connectivity index (χ4v) is 7.88. The van der Waals surface area contributed by atoms with Gasteiger partial charge in [0.15, 0.2) is 8.32 Å². The molecular weight excluding hydrogens is 559 g/mol. The Kier molecular flexibility index (Phi) is 9.33. The molecule has 1 N–H and O–H groups in total. The van der Waals surface area contributed by atoms with Crippen LogP contribution in [0.5, 0.6) is 5.75 Å². The highest BCUT2D eigenvalue weighted by molar-refractivity contribution is 6.74. The predicted molar refractivity (Wildman–Crippen MR) is 184 cm³/mol. The zero-order chi connectivity index (χ0) is 31.9. The number of nitrogens with zero attached hydrogens (tertiary/aromatic N) is 1. The van der Waals surface area contributed by atoms with E-state index in [9.17, 15) is 5.11 Å². The molecule has 3 aromatic rings. The quantitative estimate of drug-likeness (QED) is 0.193. The number of aliphatic hydroxyl groups is 1. The summed E-state index contributed by atoms with van der Waals surface area (Å²) in [5.74, 6) is 1.21. The second-order valence-electron chi connectivity index (χ2n) is 15.6. The number of hydrogen-bond donors (Lipinski definition) is 1. The summed E-state index contributed by atoms with van der Waals surface area (Å²) < 4.78 is 13.4. The first kappa shape index (κ1) is 32.7. The standard InChI is InChI=1S/C39H53NO3Si/c1-26(2)36-35(37(41)29-19-21-30(22-20-29)42-25-27-15-11-10-12-16-27)33(28-17-13-14-18-28)34-31(40-36)23-39(6,7)24-32(34)43-44(8,9)38(3,4)5/h10-13,15-17,19-22,26,28,32,37,41H,14,18,23-25H2,1-9H3/t28?,32?,37-/m1/s1. The third-order valence-electron chi connectivity index (χ3n) is 10.0. The molecule has 44 heavy (non-hydrogen) atoms. The van der Waals surface area contributed by atoms with Crippen LogP contribution in [0, 0.1) is 5.41 Å². The molecule has 2 unspecified atom stereocenters. The van der Waals surface area contributed by atoms with E-state index in [1.807, 2.05) is 42.5 Å². The van der Waals surface area contributed by atoms with Crippen molar-refractivity contribution in [1.82, 2.24) is 4.98 Å². The van der Waals surface area contributed by atoms with Crippen LogP contribution in [-0.4, -0.2) is 18.4 Å². The fourth-order valence-electron chi connectivity index (χ4n) is 6.61. The normalized spacial score (nSPS) is 20.5. The number of pyridine rings is 1. The minimum atomic E-state index is -2.09. The number of ether oxygens (including phenoxy) is 1. The first-order chi connectivity index (χ1) is 20.7. The molecule has 0 radical (unpaired) electrons. The van der Waals surface area contributed by atoms with Crippen LogP contribution in [0.15, 0.2) is 66.7 Å². The van der Waals surface area contributed by atoms with Gasteiger partial charge in [0.05, 0.1) is 6.10 Å². The second kappa shape index (κ2) is 12.6. The molecule has 1 heterocycles. The molecule has 4 nitrogen and oxygen atoms in total. The molecule has 236 valence electrons. The average Bonchev–Trinajstić information content (AvgIpc) is 3.49. The zero-order valence-electron chi connectivity index (χ0n) is 28.4. The van der Waals surface area contributed by atoms with Crippen LogP contribution < -0.4 is 4.74 Å². The molecule has 1 aromatic heterocycles. The summed E-state index contributed by atoms with van der Waals surface area (Å²) in [6, 6.07) is 18.2. The van der Waals surface area contributed by atoms with Crippen LogP contribution in [0.2, 0.25) is 18.1 Å². The van der Waals surface area contributed by atoms with E-state index in [4.69, 9.17) is 14.1 Å². The SMILES string of the molecule is CC(C)c1nc2c(c(C3C=CCC3)c1[C@H](O)c1ccc(OCc3ccccc3)cc1)C(O[Si](C)(C)C(C)(C)C)CC(C)(C)C2. The van der Waals surface area contributed by atoms with Crippen LogP contribution in [0.1, 0.15) is 131 Å². The van der Waals surface area contributed by atoms with E-state index in [0.717, 1.165) is 53.8 Å². The van der Waals surface area contributed by atoms with E-state index >= 15 is 0 Å². The summed E-state index contributed by atoms with van der Waals surface area (Å²) in [5.41, 5.74) is 7.77. The van der Waals surface area contributed by atoms with E-state index in [1.54, 1.807) is 0 Å². The van der Waals surface area contributed by atoms with Gasteiger partial charge < -0.3 is 14.3 Å². The van der Waals surface area contributed by atoms with Crippen molar-refractivity contribution in [3.63, 3.8) is 0 Å². The molecule has 5 rings (SSSR count). The fraction of sp³-hybridized carbons (Fsp3) is 0.513. The Labute approximate surface area is 267 Å². The Morgan fingerprint density at radius 2 is 1.68 bits per heavy atom. The molecule has 0 saturated carbocycles. The van der Waals surface area contributed by atoms with Crippen LogP contribution in [-0.2, 0) is 17.5 Å². The maximum atomic E-state index is 12.3. The van der Waals surface area contributed by atoms with Crippen LogP contribution in [0.3, 0.4) is 0 Å². The maximum absolute atomic E-state index is 12.3. The minimum absolute atomic E-state index is 0.0351. The van der Waals surface area contributed by atoms with Gasteiger partial charge in [0.1, 0.15) is 18.5 Å². The van der Waals surface area contributed by atoms with Gasteiger partial charge in [-0.1, -0.05) is 103 Å². The van der Waals surface area contributed by atoms with Gasteiger partial charge in [-0.3, -0.25) is 4.98 Å². The Hall–Kier alpha value is -2.73. The van der Waals surface area contributed by atoms with Gasteiger partial charge in [-0.25, -0.2) is 0 Å². The van der Waals surface area contributed by atoms with E-state index in [0.29, 0.717) is 6.61 Å². The average molecular weight is 612 g/mol. The zero-order valence-corrected chi connectivity index (χ0v) is 29.4. The summed E-state index contributed by atoms with van der Waals surface area (Å²) >= 11 is 0. The van der Waals surface area contributed by atoms with Gasteiger partial charge in [-0.05, 0) is 84.0 Å². The van der Waals surface area contributed by atoms with Crippen molar-refractivity contribution in [3.05, 3.63) is 106 Å². The number of allylic oxidation sites excluding steroid dienone is 2. The first-order valence-electron chi connectivity index (χ1n) is 16.5. The number of aromatic nitrogens is 1. The minimum Gasteiger partial charge on any atom is -0.489 e. The number of hydrogen-bond acceptors (Lipinski definition) is 4. The summed E-state index contributed by atoms with van der Waals surface area (Å²) in [6.07, 6.45) is 7.83. The summed E-state index contributed by atoms with van der Waals surface area (Å²) in [6.45, 7) is 21.3.